The predicted octanol–water partition coefficient (Wildman–Crippen LogP) is 3.94. The Balaban J connectivity index is 1.62. The molecule has 3 rings (SSSR count). The molecule has 0 saturated carbocycles. The molecule has 7 heteroatoms. The van der Waals surface area contributed by atoms with E-state index in [9.17, 15) is 4.79 Å². The number of rotatable bonds is 8. The number of hydrogen-bond acceptors (Lipinski definition) is 6. The van der Waals surface area contributed by atoms with Gasteiger partial charge in [0, 0.05) is 12.6 Å². The predicted molar refractivity (Wildman–Crippen MR) is 105 cm³/mol. The van der Waals surface area contributed by atoms with Crippen molar-refractivity contribution in [1.82, 2.24) is 14.8 Å². The number of carbonyl (C=O) groups is 1. The van der Waals surface area contributed by atoms with Crippen LogP contribution in [-0.4, -0.2) is 33.4 Å². The molecule has 0 aliphatic heterocycles. The maximum Gasteiger partial charge on any atom is 0.191 e. The van der Waals surface area contributed by atoms with Crippen LogP contribution >= 0.6 is 11.8 Å². The van der Waals surface area contributed by atoms with Crippen molar-refractivity contribution < 1.29 is 14.3 Å². The van der Waals surface area contributed by atoms with Crippen molar-refractivity contribution in [3.05, 3.63) is 66.0 Å². The van der Waals surface area contributed by atoms with Crippen LogP contribution in [0.5, 0.6) is 11.5 Å². The molecule has 0 amide bonds. The molecule has 0 unspecified atom stereocenters. The number of hydrogen-bond donors (Lipinski definition) is 0. The van der Waals surface area contributed by atoms with Gasteiger partial charge in [-0.05, 0) is 43.3 Å². The number of thioether (sulfide) groups is 1. The molecule has 0 aliphatic carbocycles. The van der Waals surface area contributed by atoms with Crippen LogP contribution in [0.1, 0.15) is 29.2 Å². The molecule has 0 spiro atoms. The summed E-state index contributed by atoms with van der Waals surface area (Å²) in [4.78, 5) is 12.4. The van der Waals surface area contributed by atoms with Crippen molar-refractivity contribution in [2.45, 2.75) is 18.2 Å². The molecular formula is C20H21N3O3S. The van der Waals surface area contributed by atoms with Crippen LogP contribution in [0.15, 0.2) is 59.8 Å². The number of benzene rings is 2. The van der Waals surface area contributed by atoms with E-state index < -0.39 is 0 Å². The van der Waals surface area contributed by atoms with E-state index in [1.165, 1.54) is 11.8 Å². The molecule has 0 aliphatic rings. The molecule has 1 atom stereocenters. The Bertz CT molecular complexity index is 895. The van der Waals surface area contributed by atoms with Crippen LogP contribution in [0.3, 0.4) is 0 Å². The van der Waals surface area contributed by atoms with Gasteiger partial charge < -0.3 is 14.0 Å². The highest BCUT2D eigenvalue weighted by Crippen LogP contribution is 2.24. The van der Waals surface area contributed by atoms with Crippen LogP contribution < -0.4 is 9.47 Å². The second-order valence-electron chi connectivity index (χ2n) is 5.91. The van der Waals surface area contributed by atoms with Gasteiger partial charge in [0.1, 0.15) is 11.5 Å². The Kier molecular flexibility index (Phi) is 6.13. The first-order valence-corrected chi connectivity index (χ1v) is 9.48. The topological polar surface area (TPSA) is 66.2 Å². The zero-order valence-corrected chi connectivity index (χ0v) is 16.3. The lowest BCUT2D eigenvalue weighted by Crippen LogP contribution is -2.10. The lowest BCUT2D eigenvalue weighted by Gasteiger charge is -2.14. The van der Waals surface area contributed by atoms with E-state index in [0.717, 1.165) is 11.5 Å². The number of aromatic nitrogens is 3. The fraction of sp³-hybridized carbons (Fsp3) is 0.250. The molecular weight excluding hydrogens is 362 g/mol. The van der Waals surface area contributed by atoms with Crippen molar-refractivity contribution in [2.75, 3.05) is 12.9 Å². The van der Waals surface area contributed by atoms with E-state index in [2.05, 4.69) is 10.2 Å². The van der Waals surface area contributed by atoms with Crippen LogP contribution in [0.4, 0.5) is 0 Å². The minimum Gasteiger partial charge on any atom is -0.497 e. The first kappa shape index (κ1) is 19.0. The quantitative estimate of drug-likeness (QED) is 0.434. The Labute approximate surface area is 162 Å². The second-order valence-corrected chi connectivity index (χ2v) is 6.86. The highest BCUT2D eigenvalue weighted by molar-refractivity contribution is 7.99. The molecule has 3 aromatic rings. The monoisotopic (exact) mass is 383 g/mol. The van der Waals surface area contributed by atoms with Gasteiger partial charge in [0.05, 0.1) is 12.9 Å². The van der Waals surface area contributed by atoms with Crippen LogP contribution in [0, 0.1) is 0 Å². The van der Waals surface area contributed by atoms with Gasteiger partial charge in [-0.2, -0.15) is 0 Å². The molecule has 6 nitrogen and oxygen atoms in total. The molecule has 27 heavy (non-hydrogen) atoms. The number of ketones is 1. The zero-order chi connectivity index (χ0) is 19.2. The average Bonchev–Trinajstić information content (AvgIpc) is 3.07. The van der Waals surface area contributed by atoms with E-state index in [1.54, 1.807) is 31.4 Å². The summed E-state index contributed by atoms with van der Waals surface area (Å²) >= 11 is 1.36. The fourth-order valence-corrected chi connectivity index (χ4v) is 3.36. The second kappa shape index (κ2) is 8.73. The van der Waals surface area contributed by atoms with Gasteiger partial charge >= 0.3 is 0 Å². The maximum atomic E-state index is 12.4. The third-order valence-electron chi connectivity index (χ3n) is 4.03. The van der Waals surface area contributed by atoms with Crippen LogP contribution in [0.25, 0.3) is 0 Å². The minimum atomic E-state index is -0.253. The Morgan fingerprint density at radius 3 is 2.44 bits per heavy atom. The Morgan fingerprint density at radius 1 is 1.07 bits per heavy atom. The first-order chi connectivity index (χ1) is 13.1. The van der Waals surface area contributed by atoms with E-state index in [1.807, 2.05) is 48.9 Å². The standard InChI is InChI=1S/C20H21N3O3S/c1-14(26-17-7-5-4-6-8-17)19-21-22-20(23(19)2)27-13-18(24)15-9-11-16(25-3)12-10-15/h4-12,14H,13H2,1-3H3/t14-/m0/s1. The maximum absolute atomic E-state index is 12.4. The van der Waals surface area contributed by atoms with Crippen molar-refractivity contribution in [3.63, 3.8) is 0 Å². The lowest BCUT2D eigenvalue weighted by molar-refractivity contribution is 0.102. The third kappa shape index (κ3) is 4.68. The largest absolute Gasteiger partial charge is 0.497 e. The molecule has 140 valence electrons. The summed E-state index contributed by atoms with van der Waals surface area (Å²) < 4.78 is 12.9. The van der Waals surface area contributed by atoms with Gasteiger partial charge in [-0.25, -0.2) is 0 Å². The van der Waals surface area contributed by atoms with Crippen molar-refractivity contribution in [2.24, 2.45) is 7.05 Å². The van der Waals surface area contributed by atoms with Gasteiger partial charge in [-0.3, -0.25) is 4.79 Å². The normalized spacial score (nSPS) is 11.8. The van der Waals surface area contributed by atoms with E-state index in [4.69, 9.17) is 9.47 Å². The van der Waals surface area contributed by atoms with Gasteiger partial charge in [0.15, 0.2) is 22.9 Å². The molecule has 2 aromatic carbocycles. The molecule has 0 saturated heterocycles. The molecule has 0 fully saturated rings. The fourth-order valence-electron chi connectivity index (χ4n) is 2.55. The van der Waals surface area contributed by atoms with Gasteiger partial charge in [0.25, 0.3) is 0 Å². The zero-order valence-electron chi connectivity index (χ0n) is 15.5. The summed E-state index contributed by atoms with van der Waals surface area (Å²) in [7, 11) is 3.47. The number of Topliss-reactive ketones (excluding diaryl/α,β-unsaturated/α-hetero) is 1. The highest BCUT2D eigenvalue weighted by atomic mass is 32.2. The lowest BCUT2D eigenvalue weighted by atomic mass is 10.1. The number of carbonyl (C=O) groups excluding carboxylic acids is 1. The van der Waals surface area contributed by atoms with Crippen LogP contribution in [0.2, 0.25) is 0 Å². The molecule has 1 heterocycles. The summed E-state index contributed by atoms with van der Waals surface area (Å²) in [5.41, 5.74) is 0.645. The van der Waals surface area contributed by atoms with E-state index >= 15 is 0 Å². The summed E-state index contributed by atoms with van der Waals surface area (Å²) in [5, 5.41) is 9.10. The summed E-state index contributed by atoms with van der Waals surface area (Å²) in [6.45, 7) is 1.92. The number of methoxy groups -OCH3 is 1. The SMILES string of the molecule is COc1ccc(C(=O)CSc2nnc([C@H](C)Oc3ccccc3)n2C)cc1. The van der Waals surface area contributed by atoms with Gasteiger partial charge in [-0.15, -0.1) is 10.2 Å². The Morgan fingerprint density at radius 2 is 1.78 bits per heavy atom. The van der Waals surface area contributed by atoms with Crippen molar-refractivity contribution in [1.29, 1.82) is 0 Å². The van der Waals surface area contributed by atoms with Crippen molar-refractivity contribution in [3.8, 4) is 11.5 Å². The smallest absolute Gasteiger partial charge is 0.191 e. The summed E-state index contributed by atoms with van der Waals surface area (Å²) in [6.07, 6.45) is -0.253. The summed E-state index contributed by atoms with van der Waals surface area (Å²) in [6, 6.07) is 16.7. The highest BCUT2D eigenvalue weighted by Gasteiger charge is 2.18. The summed E-state index contributed by atoms with van der Waals surface area (Å²) in [5.74, 6) is 2.52. The molecule has 0 radical (unpaired) electrons. The van der Waals surface area contributed by atoms with Crippen molar-refractivity contribution >= 4 is 17.5 Å². The van der Waals surface area contributed by atoms with E-state index in [-0.39, 0.29) is 17.6 Å². The van der Waals surface area contributed by atoms with Crippen LogP contribution in [-0.2, 0) is 7.05 Å². The third-order valence-corrected chi connectivity index (χ3v) is 5.05. The van der Waals surface area contributed by atoms with Gasteiger partial charge in [-0.1, -0.05) is 30.0 Å². The Hall–Kier alpha value is -2.80. The number of para-hydroxylation sites is 1. The average molecular weight is 383 g/mol. The number of nitrogens with zero attached hydrogens (tertiary/aromatic N) is 3. The molecule has 1 aromatic heterocycles. The minimum absolute atomic E-state index is 0.0285. The number of ether oxygens (including phenoxy) is 2. The van der Waals surface area contributed by atoms with Gasteiger partial charge in [0.2, 0.25) is 0 Å². The first-order valence-electron chi connectivity index (χ1n) is 8.49. The molecule has 0 N–H and O–H groups in total. The van der Waals surface area contributed by atoms with E-state index in [0.29, 0.717) is 16.5 Å². The molecule has 0 bridgehead atoms.